The van der Waals surface area contributed by atoms with Gasteiger partial charge in [-0.25, -0.2) is 0 Å². The molecule has 4 heteroatoms. The summed E-state index contributed by atoms with van der Waals surface area (Å²) in [5.41, 5.74) is 1.74. The molecule has 3 nitrogen and oxygen atoms in total. The van der Waals surface area contributed by atoms with Crippen LogP contribution >= 0.6 is 15.9 Å². The summed E-state index contributed by atoms with van der Waals surface area (Å²) >= 11 is 3.40. The van der Waals surface area contributed by atoms with Crippen molar-refractivity contribution in [2.75, 3.05) is 13.2 Å². The summed E-state index contributed by atoms with van der Waals surface area (Å²) < 4.78 is 6.60. The van der Waals surface area contributed by atoms with E-state index in [2.05, 4.69) is 15.9 Å². The van der Waals surface area contributed by atoms with Crippen LogP contribution in [0.25, 0.3) is 0 Å². The third kappa shape index (κ3) is 2.70. The smallest absolute Gasteiger partial charge is 0.254 e. The number of halogens is 1. The molecule has 20 heavy (non-hydrogen) atoms. The van der Waals surface area contributed by atoms with Gasteiger partial charge in [0, 0.05) is 22.1 Å². The molecule has 0 saturated carbocycles. The molecule has 0 spiro atoms. The third-order valence-electron chi connectivity index (χ3n) is 3.31. The van der Waals surface area contributed by atoms with Gasteiger partial charge >= 0.3 is 0 Å². The number of rotatable bonds is 1. The average molecular weight is 332 g/mol. The Morgan fingerprint density at radius 1 is 1.15 bits per heavy atom. The number of carbonyl (C=O) groups excluding carboxylic acids is 1. The van der Waals surface area contributed by atoms with Gasteiger partial charge in [0.1, 0.15) is 12.4 Å². The zero-order valence-corrected chi connectivity index (χ0v) is 12.5. The number of amides is 1. The Morgan fingerprint density at radius 3 is 2.85 bits per heavy atom. The van der Waals surface area contributed by atoms with Crippen LogP contribution in [0, 0.1) is 0 Å². The van der Waals surface area contributed by atoms with E-state index in [-0.39, 0.29) is 5.91 Å². The van der Waals surface area contributed by atoms with Gasteiger partial charge < -0.3 is 9.64 Å². The lowest BCUT2D eigenvalue weighted by atomic mass is 10.1. The van der Waals surface area contributed by atoms with E-state index >= 15 is 0 Å². The lowest BCUT2D eigenvalue weighted by Gasteiger charge is -2.20. The minimum Gasteiger partial charge on any atom is -0.491 e. The van der Waals surface area contributed by atoms with Gasteiger partial charge in [-0.2, -0.15) is 0 Å². The van der Waals surface area contributed by atoms with Crippen molar-refractivity contribution in [2.45, 2.75) is 6.54 Å². The number of hydrogen-bond acceptors (Lipinski definition) is 2. The van der Waals surface area contributed by atoms with Crippen LogP contribution in [-0.2, 0) is 6.54 Å². The second kappa shape index (κ2) is 5.67. The summed E-state index contributed by atoms with van der Waals surface area (Å²) in [6, 6.07) is 15.3. The average Bonchev–Trinajstić information content (AvgIpc) is 2.68. The number of benzene rings is 2. The standard InChI is InChI=1S/C16H14BrNO2/c17-14-6-3-5-12(10-14)16(19)18-8-9-20-15-7-2-1-4-13(15)11-18/h1-7,10H,8-9,11H2. The van der Waals surface area contributed by atoms with Gasteiger partial charge in [0.15, 0.2) is 0 Å². The number of carbonyl (C=O) groups is 1. The lowest BCUT2D eigenvalue weighted by molar-refractivity contribution is 0.0733. The van der Waals surface area contributed by atoms with Gasteiger partial charge in [-0.1, -0.05) is 40.2 Å². The van der Waals surface area contributed by atoms with E-state index in [1.807, 2.05) is 53.4 Å². The molecular weight excluding hydrogens is 318 g/mol. The molecule has 0 unspecified atom stereocenters. The normalized spacial score (nSPS) is 14.2. The molecule has 102 valence electrons. The van der Waals surface area contributed by atoms with Crippen molar-refractivity contribution in [3.63, 3.8) is 0 Å². The van der Waals surface area contributed by atoms with Crippen LogP contribution in [0.3, 0.4) is 0 Å². The largest absolute Gasteiger partial charge is 0.491 e. The number of hydrogen-bond donors (Lipinski definition) is 0. The van der Waals surface area contributed by atoms with E-state index in [1.165, 1.54) is 0 Å². The molecule has 0 saturated heterocycles. The van der Waals surface area contributed by atoms with Crippen molar-refractivity contribution in [2.24, 2.45) is 0 Å². The maximum absolute atomic E-state index is 12.6. The molecule has 0 atom stereocenters. The zero-order chi connectivity index (χ0) is 13.9. The van der Waals surface area contributed by atoms with Crippen molar-refractivity contribution in [3.8, 4) is 5.75 Å². The van der Waals surface area contributed by atoms with Crippen molar-refractivity contribution in [1.82, 2.24) is 4.90 Å². The first-order valence-corrected chi connectivity index (χ1v) is 7.29. The first-order valence-electron chi connectivity index (χ1n) is 6.49. The molecule has 3 rings (SSSR count). The van der Waals surface area contributed by atoms with Crippen molar-refractivity contribution in [3.05, 3.63) is 64.1 Å². The number of para-hydroxylation sites is 1. The van der Waals surface area contributed by atoms with Crippen LogP contribution in [0.2, 0.25) is 0 Å². The van der Waals surface area contributed by atoms with E-state index in [1.54, 1.807) is 0 Å². The highest BCUT2D eigenvalue weighted by Crippen LogP contribution is 2.23. The van der Waals surface area contributed by atoms with Crippen LogP contribution in [0.1, 0.15) is 15.9 Å². The molecule has 1 aliphatic rings. The fraction of sp³-hybridized carbons (Fsp3) is 0.188. The van der Waals surface area contributed by atoms with Gasteiger partial charge in [0.05, 0.1) is 6.54 Å². The molecule has 2 aromatic carbocycles. The molecule has 0 N–H and O–H groups in total. The quantitative estimate of drug-likeness (QED) is 0.800. The molecule has 1 aliphatic heterocycles. The number of nitrogens with zero attached hydrogens (tertiary/aromatic N) is 1. The zero-order valence-electron chi connectivity index (χ0n) is 10.9. The van der Waals surface area contributed by atoms with E-state index in [4.69, 9.17) is 4.74 Å². The Labute approximate surface area is 126 Å². The number of fused-ring (bicyclic) bond motifs is 1. The topological polar surface area (TPSA) is 29.5 Å². The maximum atomic E-state index is 12.6. The fourth-order valence-corrected chi connectivity index (χ4v) is 2.70. The Hall–Kier alpha value is -1.81. The first-order chi connectivity index (χ1) is 9.74. The Bertz CT molecular complexity index is 642. The van der Waals surface area contributed by atoms with Gasteiger partial charge in [-0.3, -0.25) is 4.79 Å². The highest BCUT2D eigenvalue weighted by molar-refractivity contribution is 9.10. The summed E-state index contributed by atoms with van der Waals surface area (Å²) in [6.07, 6.45) is 0. The van der Waals surface area contributed by atoms with Gasteiger partial charge in [0.2, 0.25) is 0 Å². The predicted molar refractivity (Wildman–Crippen MR) is 80.8 cm³/mol. The minimum atomic E-state index is 0.0339. The van der Waals surface area contributed by atoms with Gasteiger partial charge in [-0.15, -0.1) is 0 Å². The van der Waals surface area contributed by atoms with Gasteiger partial charge in [0.25, 0.3) is 5.91 Å². The second-order valence-corrected chi connectivity index (χ2v) is 5.61. The number of ether oxygens (including phenoxy) is 1. The monoisotopic (exact) mass is 331 g/mol. The SMILES string of the molecule is O=C(c1cccc(Br)c1)N1CCOc2ccccc2C1. The molecule has 0 aliphatic carbocycles. The fourth-order valence-electron chi connectivity index (χ4n) is 2.30. The summed E-state index contributed by atoms with van der Waals surface area (Å²) in [7, 11) is 0. The summed E-state index contributed by atoms with van der Waals surface area (Å²) in [4.78, 5) is 14.4. The Balaban J connectivity index is 1.86. The molecular formula is C16H14BrNO2. The third-order valence-corrected chi connectivity index (χ3v) is 3.80. The maximum Gasteiger partial charge on any atom is 0.254 e. The molecule has 0 radical (unpaired) electrons. The van der Waals surface area contributed by atoms with Crippen LogP contribution in [0.5, 0.6) is 5.75 Å². The van der Waals surface area contributed by atoms with Gasteiger partial charge in [-0.05, 0) is 24.3 Å². The molecule has 0 bridgehead atoms. The van der Waals surface area contributed by atoms with Crippen LogP contribution in [0.4, 0.5) is 0 Å². The summed E-state index contributed by atoms with van der Waals surface area (Å²) in [5.74, 6) is 0.906. The lowest BCUT2D eigenvalue weighted by Crippen LogP contribution is -2.32. The molecule has 1 amide bonds. The summed E-state index contributed by atoms with van der Waals surface area (Å²) in [6.45, 7) is 1.71. The minimum absolute atomic E-state index is 0.0339. The highest BCUT2D eigenvalue weighted by atomic mass is 79.9. The second-order valence-electron chi connectivity index (χ2n) is 4.69. The van der Waals surface area contributed by atoms with Crippen LogP contribution in [0.15, 0.2) is 53.0 Å². The molecule has 0 fully saturated rings. The highest BCUT2D eigenvalue weighted by Gasteiger charge is 2.20. The van der Waals surface area contributed by atoms with E-state index < -0.39 is 0 Å². The van der Waals surface area contributed by atoms with Crippen molar-refractivity contribution < 1.29 is 9.53 Å². The summed E-state index contributed by atoms with van der Waals surface area (Å²) in [5, 5.41) is 0. The van der Waals surface area contributed by atoms with Crippen LogP contribution in [-0.4, -0.2) is 24.0 Å². The molecule has 1 heterocycles. The van der Waals surface area contributed by atoms with Crippen LogP contribution < -0.4 is 4.74 Å². The van der Waals surface area contributed by atoms with E-state index in [9.17, 15) is 4.79 Å². The first kappa shape index (κ1) is 13.2. The molecule has 2 aromatic rings. The Kier molecular flexibility index (Phi) is 3.74. The van der Waals surface area contributed by atoms with Crippen molar-refractivity contribution in [1.29, 1.82) is 0 Å². The molecule has 0 aromatic heterocycles. The van der Waals surface area contributed by atoms with Crippen molar-refractivity contribution >= 4 is 21.8 Å². The van der Waals surface area contributed by atoms with E-state index in [0.29, 0.717) is 25.3 Å². The predicted octanol–water partition coefficient (Wildman–Crippen LogP) is 3.48. The van der Waals surface area contributed by atoms with E-state index in [0.717, 1.165) is 15.8 Å². The Morgan fingerprint density at radius 2 is 2.00 bits per heavy atom.